The van der Waals surface area contributed by atoms with Crippen LogP contribution in [0, 0.1) is 0 Å². The lowest BCUT2D eigenvalue weighted by molar-refractivity contribution is 0.405. The molecule has 5 heteroatoms. The number of aromatic amines is 1. The van der Waals surface area contributed by atoms with Crippen LogP contribution in [0.5, 0.6) is 11.5 Å². The zero-order valence-electron chi connectivity index (χ0n) is 11.6. The molecule has 0 fully saturated rings. The number of hydrogen-bond donors (Lipinski definition) is 3. The molecule has 0 saturated heterocycles. The van der Waals surface area contributed by atoms with Crippen LogP contribution >= 0.6 is 12.4 Å². The molecule has 0 bridgehead atoms. The Balaban J connectivity index is 0.000000154. The van der Waals surface area contributed by atoms with Gasteiger partial charge in [0.05, 0.1) is 5.52 Å². The minimum atomic E-state index is -0.0973. The molecule has 2 heterocycles. The molecule has 0 spiro atoms. The third-order valence-electron chi connectivity index (χ3n) is 3.16. The van der Waals surface area contributed by atoms with E-state index in [1.807, 2.05) is 36.5 Å². The summed E-state index contributed by atoms with van der Waals surface area (Å²) in [6.45, 7) is 0. The number of fused-ring (bicyclic) bond motifs is 2. The summed E-state index contributed by atoms with van der Waals surface area (Å²) in [6, 6.07) is 16.9. The maximum Gasteiger partial charge on any atom is 0.159 e. The highest BCUT2D eigenvalue weighted by Crippen LogP contribution is 2.28. The topological polar surface area (TPSA) is 69.1 Å². The average Bonchev–Trinajstić information content (AvgIpc) is 2.96. The first kappa shape index (κ1) is 15.7. The molecule has 4 nitrogen and oxygen atoms in total. The molecule has 0 saturated carbocycles. The lowest BCUT2D eigenvalue weighted by atomic mass is 10.2. The Morgan fingerprint density at radius 1 is 0.818 bits per heavy atom. The average molecular weight is 315 g/mol. The van der Waals surface area contributed by atoms with Crippen LogP contribution in [-0.2, 0) is 0 Å². The summed E-state index contributed by atoms with van der Waals surface area (Å²) in [5, 5.41) is 20.2. The smallest absolute Gasteiger partial charge is 0.159 e. The second-order valence-electron chi connectivity index (χ2n) is 4.60. The highest BCUT2D eigenvalue weighted by Gasteiger charge is 2.01. The second-order valence-corrected chi connectivity index (χ2v) is 4.60. The first-order valence-electron chi connectivity index (χ1n) is 6.53. The van der Waals surface area contributed by atoms with Crippen molar-refractivity contribution in [2.24, 2.45) is 0 Å². The lowest BCUT2D eigenvalue weighted by Crippen LogP contribution is -1.73. The fourth-order valence-corrected chi connectivity index (χ4v) is 2.09. The molecule has 0 atom stereocenters. The number of pyridine rings is 1. The quantitative estimate of drug-likeness (QED) is 0.425. The van der Waals surface area contributed by atoms with E-state index in [0.29, 0.717) is 0 Å². The molecule has 4 rings (SSSR count). The van der Waals surface area contributed by atoms with Crippen LogP contribution in [0.15, 0.2) is 67.0 Å². The molecule has 0 aliphatic carbocycles. The van der Waals surface area contributed by atoms with Gasteiger partial charge in [0, 0.05) is 34.7 Å². The van der Waals surface area contributed by atoms with Crippen molar-refractivity contribution in [3.63, 3.8) is 0 Å². The van der Waals surface area contributed by atoms with E-state index in [2.05, 4.69) is 22.1 Å². The number of benzene rings is 2. The number of rotatable bonds is 0. The molecular formula is C17H15ClN2O2. The van der Waals surface area contributed by atoms with E-state index in [1.54, 1.807) is 6.20 Å². The fourth-order valence-electron chi connectivity index (χ4n) is 2.09. The van der Waals surface area contributed by atoms with Gasteiger partial charge < -0.3 is 15.2 Å². The summed E-state index contributed by atoms with van der Waals surface area (Å²) >= 11 is 0. The molecule has 0 aliphatic rings. The molecule has 2 aromatic carbocycles. The minimum Gasteiger partial charge on any atom is -0.504 e. The van der Waals surface area contributed by atoms with Crippen LogP contribution in [0.4, 0.5) is 0 Å². The molecule has 4 aromatic rings. The number of phenolic OH excluding ortho intramolecular Hbond substituents is 2. The van der Waals surface area contributed by atoms with Crippen molar-refractivity contribution < 1.29 is 10.2 Å². The zero-order valence-corrected chi connectivity index (χ0v) is 12.4. The third kappa shape index (κ3) is 3.30. The normalized spacial score (nSPS) is 9.82. The molecule has 3 N–H and O–H groups in total. The van der Waals surface area contributed by atoms with Gasteiger partial charge in [-0.1, -0.05) is 24.3 Å². The van der Waals surface area contributed by atoms with Gasteiger partial charge in [-0.05, 0) is 24.3 Å². The first-order valence-corrected chi connectivity index (χ1v) is 6.53. The Hall–Kier alpha value is -2.72. The van der Waals surface area contributed by atoms with Gasteiger partial charge in [-0.2, -0.15) is 0 Å². The van der Waals surface area contributed by atoms with Crippen molar-refractivity contribution in [3.05, 3.63) is 67.0 Å². The molecule has 0 amide bonds. The van der Waals surface area contributed by atoms with Gasteiger partial charge in [0.15, 0.2) is 11.5 Å². The number of H-pyrrole nitrogens is 1. The predicted molar refractivity (Wildman–Crippen MR) is 90.6 cm³/mol. The van der Waals surface area contributed by atoms with E-state index in [1.165, 1.54) is 17.5 Å². The second kappa shape index (κ2) is 6.83. The molecule has 112 valence electrons. The van der Waals surface area contributed by atoms with Gasteiger partial charge in [-0.3, -0.25) is 4.98 Å². The van der Waals surface area contributed by atoms with Crippen molar-refractivity contribution in [2.45, 2.75) is 0 Å². The molecule has 2 aromatic heterocycles. The number of halogens is 1. The summed E-state index contributed by atoms with van der Waals surface area (Å²) in [5.41, 5.74) is 1.88. The van der Waals surface area contributed by atoms with Crippen LogP contribution in [0.1, 0.15) is 0 Å². The fraction of sp³-hybridized carbons (Fsp3) is 0. The van der Waals surface area contributed by atoms with Crippen LogP contribution < -0.4 is 0 Å². The van der Waals surface area contributed by atoms with E-state index in [-0.39, 0.29) is 23.9 Å². The third-order valence-corrected chi connectivity index (χ3v) is 3.16. The van der Waals surface area contributed by atoms with Crippen molar-refractivity contribution in [1.82, 2.24) is 9.97 Å². The van der Waals surface area contributed by atoms with Crippen molar-refractivity contribution >= 4 is 34.2 Å². The summed E-state index contributed by atoms with van der Waals surface area (Å²) in [5.74, 6) is -0.183. The number of para-hydroxylation sites is 1. The predicted octanol–water partition coefficient (Wildman–Crippen LogP) is 4.24. The summed E-state index contributed by atoms with van der Waals surface area (Å²) in [4.78, 5) is 7.10. The van der Waals surface area contributed by atoms with Crippen molar-refractivity contribution in [2.75, 3.05) is 0 Å². The van der Waals surface area contributed by atoms with Crippen molar-refractivity contribution in [3.8, 4) is 11.5 Å². The monoisotopic (exact) mass is 314 g/mol. The maximum atomic E-state index is 9.07. The number of hydrogen-bond acceptors (Lipinski definition) is 3. The van der Waals surface area contributed by atoms with Gasteiger partial charge in [-0.25, -0.2) is 0 Å². The number of nitrogens with zero attached hydrogens (tertiary/aromatic N) is 1. The summed E-state index contributed by atoms with van der Waals surface area (Å²) in [6.07, 6.45) is 3.56. The van der Waals surface area contributed by atoms with E-state index in [4.69, 9.17) is 10.2 Å². The number of nitrogens with one attached hydrogen (secondary N) is 1. The minimum absolute atomic E-state index is 0. The Morgan fingerprint density at radius 2 is 1.55 bits per heavy atom. The van der Waals surface area contributed by atoms with E-state index in [0.717, 1.165) is 16.4 Å². The molecule has 0 aliphatic heterocycles. The zero-order chi connectivity index (χ0) is 14.7. The molecular weight excluding hydrogens is 300 g/mol. The Kier molecular flexibility index (Phi) is 4.86. The number of aromatic hydroxyl groups is 2. The summed E-state index contributed by atoms with van der Waals surface area (Å²) in [7, 11) is 0. The van der Waals surface area contributed by atoms with Crippen LogP contribution in [0.3, 0.4) is 0 Å². The highest BCUT2D eigenvalue weighted by atomic mass is 35.5. The van der Waals surface area contributed by atoms with Gasteiger partial charge >= 0.3 is 0 Å². The molecule has 0 unspecified atom stereocenters. The van der Waals surface area contributed by atoms with Gasteiger partial charge in [0.1, 0.15) is 0 Å². The summed E-state index contributed by atoms with van der Waals surface area (Å²) < 4.78 is 0. The first-order chi connectivity index (χ1) is 10.2. The SMILES string of the molecule is Cl.Oc1cc2cc[nH]c2cc1O.c1ccc2ncccc2c1. The van der Waals surface area contributed by atoms with Crippen LogP contribution in [0.2, 0.25) is 0 Å². The van der Waals surface area contributed by atoms with E-state index >= 15 is 0 Å². The van der Waals surface area contributed by atoms with E-state index in [9.17, 15) is 0 Å². The Labute approximate surface area is 133 Å². The Bertz CT molecular complexity index is 789. The van der Waals surface area contributed by atoms with Gasteiger partial charge in [0.2, 0.25) is 0 Å². The van der Waals surface area contributed by atoms with E-state index < -0.39 is 0 Å². The highest BCUT2D eigenvalue weighted by molar-refractivity contribution is 5.85. The molecule has 22 heavy (non-hydrogen) atoms. The molecule has 0 radical (unpaired) electrons. The van der Waals surface area contributed by atoms with Crippen LogP contribution in [0.25, 0.3) is 21.8 Å². The largest absolute Gasteiger partial charge is 0.504 e. The van der Waals surface area contributed by atoms with Gasteiger partial charge in [-0.15, -0.1) is 12.4 Å². The number of aromatic nitrogens is 2. The lowest BCUT2D eigenvalue weighted by Gasteiger charge is -1.95. The van der Waals surface area contributed by atoms with Crippen LogP contribution in [-0.4, -0.2) is 20.2 Å². The standard InChI is InChI=1S/C9H7N.C8H7NO2.ClH/c1-2-6-9-8(4-1)5-3-7-10-9;10-7-3-5-1-2-9-6(5)4-8(7)11;/h1-7H;1-4,9-11H;1H. The number of phenols is 2. The van der Waals surface area contributed by atoms with Gasteiger partial charge in [0.25, 0.3) is 0 Å². The Morgan fingerprint density at radius 3 is 2.36 bits per heavy atom. The van der Waals surface area contributed by atoms with Crippen molar-refractivity contribution in [1.29, 1.82) is 0 Å². The maximum absolute atomic E-state index is 9.07.